The van der Waals surface area contributed by atoms with Gasteiger partial charge >= 0.3 is 0 Å². The van der Waals surface area contributed by atoms with Crippen LogP contribution >= 0.6 is 0 Å². The van der Waals surface area contributed by atoms with Gasteiger partial charge in [0.05, 0.1) is 63.9 Å². The molecule has 0 radical (unpaired) electrons. The van der Waals surface area contributed by atoms with Crippen LogP contribution in [0.3, 0.4) is 0 Å². The number of hydrogen-bond donors (Lipinski definition) is 4. The minimum Gasteiger partial charge on any atom is -0.497 e. The molecule has 0 bridgehead atoms. The van der Waals surface area contributed by atoms with E-state index in [-0.39, 0.29) is 111 Å². The van der Waals surface area contributed by atoms with Gasteiger partial charge in [-0.25, -0.2) is 0 Å². The number of aliphatic hydroxyl groups is 2. The number of aliphatic hydroxyl groups excluding tert-OH is 2. The van der Waals surface area contributed by atoms with Crippen molar-refractivity contribution in [2.24, 2.45) is 0 Å². The highest BCUT2D eigenvalue weighted by atomic mass is 16.5. The smallest absolute Gasteiger partial charge is 0.262 e. The van der Waals surface area contributed by atoms with Crippen molar-refractivity contribution in [3.8, 4) is 69.0 Å². The molecule has 0 saturated heterocycles. The zero-order valence-corrected chi connectivity index (χ0v) is 48.6. The van der Waals surface area contributed by atoms with Crippen LogP contribution in [0, 0.1) is 0 Å². The molecule has 86 heavy (non-hydrogen) atoms. The number of imide groups is 2. The summed E-state index contributed by atoms with van der Waals surface area (Å²) in [7, 11) is 5.91. The van der Waals surface area contributed by atoms with Crippen molar-refractivity contribution >= 4 is 78.5 Å². The molecular formula is C66H60N4O16. The van der Waals surface area contributed by atoms with Crippen molar-refractivity contribution in [2.45, 2.75) is 64.7 Å². The molecule has 9 aromatic rings. The number of methoxy groups -OCH3 is 4. The van der Waals surface area contributed by atoms with Crippen molar-refractivity contribution in [1.82, 2.24) is 20.4 Å². The van der Waals surface area contributed by atoms with E-state index in [1.54, 1.807) is 139 Å². The lowest BCUT2D eigenvalue weighted by Gasteiger charge is -2.36. The highest BCUT2D eigenvalue weighted by Gasteiger charge is 2.46. The van der Waals surface area contributed by atoms with Crippen LogP contribution in [-0.4, -0.2) is 120 Å². The normalized spacial score (nSPS) is 14.0. The Bertz CT molecular complexity index is 3800. The minimum atomic E-state index is -1.74. The van der Waals surface area contributed by atoms with Crippen molar-refractivity contribution in [1.29, 1.82) is 0 Å². The quantitative estimate of drug-likeness (QED) is 0.0354. The van der Waals surface area contributed by atoms with E-state index in [4.69, 9.17) is 37.9 Å². The second-order valence-corrected chi connectivity index (χ2v) is 22.6. The zero-order valence-electron chi connectivity index (χ0n) is 48.6. The number of fused-ring (bicyclic) bond motifs is 2. The highest BCUT2D eigenvalue weighted by molar-refractivity contribution is 6.45. The maximum atomic E-state index is 15.7. The molecular weight excluding hydrogens is 1100 g/mol. The molecule has 2 heterocycles. The van der Waals surface area contributed by atoms with Gasteiger partial charge in [0.2, 0.25) is 11.8 Å². The fraction of sp³-hybridized carbons (Fsp3) is 0.242. The maximum absolute atomic E-state index is 15.7. The van der Waals surface area contributed by atoms with Gasteiger partial charge in [-0.2, -0.15) is 0 Å². The first-order chi connectivity index (χ1) is 41.1. The summed E-state index contributed by atoms with van der Waals surface area (Å²) in [4.78, 5) is 92.6. The van der Waals surface area contributed by atoms with Crippen molar-refractivity contribution < 1.29 is 76.9 Å². The van der Waals surface area contributed by atoms with Crippen LogP contribution in [0.15, 0.2) is 121 Å². The Morgan fingerprint density at radius 1 is 0.384 bits per heavy atom. The predicted molar refractivity (Wildman–Crippen MR) is 318 cm³/mol. The minimum absolute atomic E-state index is 0.0536. The summed E-state index contributed by atoms with van der Waals surface area (Å²) in [5.41, 5.74) is -2.29. The monoisotopic (exact) mass is 1160 g/mol. The molecule has 2 aliphatic rings. The summed E-state index contributed by atoms with van der Waals surface area (Å²) in [5, 5.41) is 28.7. The number of nitrogens with one attached hydrogen (secondary N) is 2. The van der Waals surface area contributed by atoms with Gasteiger partial charge in [-0.05, 0) is 114 Å². The number of nitrogens with zero attached hydrogens (tertiary/aromatic N) is 2. The first-order valence-electron chi connectivity index (χ1n) is 27.3. The average Bonchev–Trinajstić information content (AvgIpc) is 0.676. The van der Waals surface area contributed by atoms with Gasteiger partial charge in [0.1, 0.15) is 81.1 Å². The summed E-state index contributed by atoms with van der Waals surface area (Å²) in [5.74, 6) is -3.38. The lowest BCUT2D eigenvalue weighted by Crippen LogP contribution is -2.58. The molecule has 20 heteroatoms. The summed E-state index contributed by atoms with van der Waals surface area (Å²) < 4.78 is 50.5. The van der Waals surface area contributed by atoms with Gasteiger partial charge in [-0.15, -0.1) is 0 Å². The molecule has 2 atom stereocenters. The Morgan fingerprint density at radius 3 is 0.826 bits per heavy atom. The molecule has 0 spiro atoms. The molecule has 0 fully saturated rings. The van der Waals surface area contributed by atoms with E-state index in [1.165, 1.54) is 52.7 Å². The molecule has 440 valence electrons. The fourth-order valence-electron chi connectivity index (χ4n) is 11.1. The second kappa shape index (κ2) is 22.1. The number of carbonyl (C=O) groups excluding carboxylic acids is 6. The van der Waals surface area contributed by atoms with E-state index in [1.807, 2.05) is 0 Å². The molecule has 2 unspecified atom stereocenters. The van der Waals surface area contributed by atoms with Crippen LogP contribution in [0.5, 0.6) is 69.0 Å². The van der Waals surface area contributed by atoms with Crippen LogP contribution < -0.4 is 48.5 Å². The van der Waals surface area contributed by atoms with E-state index < -0.39 is 71.8 Å². The number of amides is 6. The molecule has 0 saturated carbocycles. The summed E-state index contributed by atoms with van der Waals surface area (Å²) in [6.45, 7) is 8.37. The molecule has 6 amide bonds. The van der Waals surface area contributed by atoms with E-state index in [2.05, 4.69) is 10.6 Å². The van der Waals surface area contributed by atoms with E-state index in [0.717, 1.165) is 0 Å². The van der Waals surface area contributed by atoms with Crippen LogP contribution in [-0.2, 0) is 9.59 Å². The Labute approximate surface area is 492 Å². The number of rotatable bonds is 18. The molecule has 0 aliphatic carbocycles. The summed E-state index contributed by atoms with van der Waals surface area (Å²) >= 11 is 0. The van der Waals surface area contributed by atoms with E-state index in [0.29, 0.717) is 32.8 Å². The predicted octanol–water partition coefficient (Wildman–Crippen LogP) is 10.7. The fourth-order valence-corrected chi connectivity index (χ4v) is 11.1. The Balaban J connectivity index is 1.38. The van der Waals surface area contributed by atoms with E-state index >= 15 is 19.2 Å². The molecule has 20 nitrogen and oxygen atoms in total. The van der Waals surface area contributed by atoms with Crippen LogP contribution in [0.1, 0.15) is 83.0 Å². The van der Waals surface area contributed by atoms with Crippen molar-refractivity contribution in [3.05, 3.63) is 144 Å². The number of carbonyl (C=O) groups is 6. The van der Waals surface area contributed by atoms with E-state index in [9.17, 15) is 19.8 Å². The SMILES string of the molecule is COc1cccc(Oc2cc3c4c(cc(Oc5cccc(OC)c5)c5c6c(Oc7cccc(OC)c7)cc7c8c(cc(Oc9cccc(OC)c9)c(c2c45)c86)C(=O)N(C(CO)C(=O)NC(C)(C)C)C7=O)C(=O)N(C(CO)C(=O)NC(C)(C)C)C3=O)c1. The molecule has 9 aromatic carbocycles. The van der Waals surface area contributed by atoms with Gasteiger partial charge in [-0.1, -0.05) is 24.3 Å². The first-order valence-corrected chi connectivity index (χ1v) is 27.3. The third-order valence-electron chi connectivity index (χ3n) is 14.6. The third-order valence-corrected chi connectivity index (χ3v) is 14.6. The van der Waals surface area contributed by atoms with Crippen LogP contribution in [0.4, 0.5) is 0 Å². The Hall–Kier alpha value is -10.2. The topological polar surface area (TPSA) is 247 Å². The van der Waals surface area contributed by atoms with Crippen molar-refractivity contribution in [2.75, 3.05) is 41.7 Å². The van der Waals surface area contributed by atoms with Gasteiger partial charge in [0.25, 0.3) is 23.6 Å². The zero-order chi connectivity index (χ0) is 61.3. The van der Waals surface area contributed by atoms with Gasteiger partial charge in [0.15, 0.2) is 0 Å². The van der Waals surface area contributed by atoms with Crippen LogP contribution in [0.25, 0.3) is 43.1 Å². The lowest BCUT2D eigenvalue weighted by atomic mass is 9.80. The molecule has 2 aliphatic heterocycles. The maximum Gasteiger partial charge on any atom is 0.262 e. The largest absolute Gasteiger partial charge is 0.497 e. The summed E-state index contributed by atoms with van der Waals surface area (Å²) in [6.07, 6.45) is 0. The highest BCUT2D eigenvalue weighted by Crippen LogP contribution is 2.58. The van der Waals surface area contributed by atoms with Gasteiger partial charge in [0, 0.05) is 78.4 Å². The molecule has 0 aromatic heterocycles. The standard InChI is InChI=1S/C66H60N4O16/c1-65(2,3)67-59(73)45(31-71)69-61(75)41-27-47(83-37-19-11-15-33(23-37)79-7)53-55-49(85-39-21-13-17-35(25-39)81-9)29-43-52-44(64(78)70(63(43)77)46(32-72)60(74)68-66(4,5)6)30-50(86-40-22-14-18-36(26-40)82-10)56(58(52)55)54-48(28-42(62(69)76)51(41)57(53)54)84-38-20-12-16-34(24-38)80-8/h11-30,45-46,71-72H,31-32H2,1-10H3,(H,67,73)(H,68,74). The van der Waals surface area contributed by atoms with Gasteiger partial charge < -0.3 is 58.7 Å². The Morgan fingerprint density at radius 2 is 0.616 bits per heavy atom. The van der Waals surface area contributed by atoms with Crippen LogP contribution in [0.2, 0.25) is 0 Å². The molecule has 4 N–H and O–H groups in total. The number of hydrogen-bond acceptors (Lipinski definition) is 16. The second-order valence-electron chi connectivity index (χ2n) is 22.6. The number of benzene rings is 9. The van der Waals surface area contributed by atoms with Gasteiger partial charge in [-0.3, -0.25) is 38.6 Å². The average molecular weight is 1170 g/mol. The first kappa shape index (κ1) is 57.6. The Kier molecular flexibility index (Phi) is 14.8. The van der Waals surface area contributed by atoms with Crippen molar-refractivity contribution in [3.63, 3.8) is 0 Å². The molecule has 11 rings (SSSR count). The number of ether oxygens (including phenoxy) is 8. The third kappa shape index (κ3) is 10.2. The summed E-state index contributed by atoms with van der Waals surface area (Å²) in [6, 6.07) is 28.8. The lowest BCUT2D eigenvalue weighted by molar-refractivity contribution is -0.128.